The Bertz CT molecular complexity index is 1330. The van der Waals surface area contributed by atoms with Crippen LogP contribution in [0.25, 0.3) is 11.0 Å². The van der Waals surface area contributed by atoms with Crippen molar-refractivity contribution in [3.05, 3.63) is 40.3 Å². The number of H-pyrrole nitrogens is 1. The number of amides is 1. The molecule has 13 heteroatoms. The van der Waals surface area contributed by atoms with Crippen LogP contribution in [0.15, 0.2) is 23.4 Å². The summed E-state index contributed by atoms with van der Waals surface area (Å²) in [7, 11) is 0. The summed E-state index contributed by atoms with van der Waals surface area (Å²) in [6, 6.07) is 0.220. The second-order valence-corrected chi connectivity index (χ2v) is 10.5. The van der Waals surface area contributed by atoms with Gasteiger partial charge in [-0.1, -0.05) is 0 Å². The van der Waals surface area contributed by atoms with Gasteiger partial charge in [0.15, 0.2) is 5.65 Å². The normalized spacial score (nSPS) is 21.8. The highest BCUT2D eigenvalue weighted by Gasteiger charge is 2.30. The highest BCUT2D eigenvalue weighted by atomic mass is 16.5. The fourth-order valence-corrected chi connectivity index (χ4v) is 5.91. The van der Waals surface area contributed by atoms with Crippen LogP contribution in [0, 0.1) is 5.92 Å². The number of anilines is 1. The number of ether oxygens (including phenoxy) is 1. The van der Waals surface area contributed by atoms with Crippen LogP contribution in [0.1, 0.15) is 60.2 Å². The molecule has 0 spiro atoms. The molecule has 0 aromatic carbocycles. The highest BCUT2D eigenvalue weighted by Crippen LogP contribution is 2.29. The van der Waals surface area contributed by atoms with E-state index in [1.54, 1.807) is 11.7 Å². The molecule has 6 heterocycles. The van der Waals surface area contributed by atoms with Crippen molar-refractivity contribution in [1.82, 2.24) is 40.1 Å². The van der Waals surface area contributed by atoms with Gasteiger partial charge in [-0.15, -0.1) is 0 Å². The van der Waals surface area contributed by atoms with Crippen molar-refractivity contribution < 1.29 is 14.7 Å². The Morgan fingerprint density at radius 1 is 1.08 bits per heavy atom. The van der Waals surface area contributed by atoms with E-state index in [2.05, 4.69) is 29.9 Å². The zero-order valence-electron chi connectivity index (χ0n) is 21.3. The number of carbonyl (C=O) groups is 1. The van der Waals surface area contributed by atoms with Gasteiger partial charge in [0.2, 0.25) is 5.95 Å². The quantitative estimate of drug-likeness (QED) is 0.316. The van der Waals surface area contributed by atoms with E-state index in [0.29, 0.717) is 36.1 Å². The van der Waals surface area contributed by atoms with Crippen LogP contribution in [0.3, 0.4) is 0 Å². The lowest BCUT2D eigenvalue weighted by Gasteiger charge is -2.33. The van der Waals surface area contributed by atoms with Gasteiger partial charge >= 0.3 is 0 Å². The van der Waals surface area contributed by atoms with Gasteiger partial charge < -0.3 is 19.5 Å². The molecule has 3 aromatic rings. The van der Waals surface area contributed by atoms with Gasteiger partial charge in [0.1, 0.15) is 11.2 Å². The second-order valence-electron chi connectivity index (χ2n) is 10.5. The van der Waals surface area contributed by atoms with E-state index in [0.717, 1.165) is 70.7 Å². The lowest BCUT2D eigenvalue weighted by Crippen LogP contribution is -2.39. The second kappa shape index (κ2) is 10.8. The first-order chi connectivity index (χ1) is 18.6. The Kier molecular flexibility index (Phi) is 7.04. The molecule has 202 valence electrons. The van der Waals surface area contributed by atoms with Crippen molar-refractivity contribution in [2.75, 3.05) is 50.8 Å². The van der Waals surface area contributed by atoms with Gasteiger partial charge in [0, 0.05) is 57.7 Å². The van der Waals surface area contributed by atoms with Crippen molar-refractivity contribution in [1.29, 1.82) is 0 Å². The molecule has 3 aliphatic rings. The maximum atomic E-state index is 12.8. The van der Waals surface area contributed by atoms with Crippen molar-refractivity contribution in [3.63, 3.8) is 0 Å². The summed E-state index contributed by atoms with van der Waals surface area (Å²) < 4.78 is 7.42. The average Bonchev–Trinajstić information content (AvgIpc) is 3.61. The van der Waals surface area contributed by atoms with Crippen molar-refractivity contribution >= 4 is 22.9 Å². The van der Waals surface area contributed by atoms with E-state index in [1.807, 2.05) is 4.68 Å². The molecule has 6 rings (SSSR count). The van der Waals surface area contributed by atoms with Crippen molar-refractivity contribution in [2.45, 2.75) is 44.1 Å². The van der Waals surface area contributed by atoms with E-state index in [1.165, 1.54) is 12.4 Å². The van der Waals surface area contributed by atoms with E-state index < -0.39 is 5.91 Å². The molecule has 0 saturated carbocycles. The number of carbonyl (C=O) groups excluding carboxylic acids is 1. The zero-order chi connectivity index (χ0) is 26.1. The molecule has 3 aromatic heterocycles. The predicted molar refractivity (Wildman–Crippen MR) is 137 cm³/mol. The van der Waals surface area contributed by atoms with Gasteiger partial charge in [-0.2, -0.15) is 5.10 Å². The summed E-state index contributed by atoms with van der Waals surface area (Å²) in [5.41, 5.74) is 2.39. The minimum absolute atomic E-state index is 0.110. The molecule has 0 aliphatic carbocycles. The first-order valence-corrected chi connectivity index (χ1v) is 13.4. The molecule has 3 saturated heterocycles. The van der Waals surface area contributed by atoms with Crippen LogP contribution >= 0.6 is 0 Å². The largest absolute Gasteiger partial charge is 0.381 e. The van der Waals surface area contributed by atoms with Crippen LogP contribution in [0.2, 0.25) is 0 Å². The number of hydroxylamine groups is 1. The minimum atomic E-state index is -0.622. The summed E-state index contributed by atoms with van der Waals surface area (Å²) >= 11 is 0. The van der Waals surface area contributed by atoms with E-state index in [9.17, 15) is 9.59 Å². The number of piperidine rings is 1. The van der Waals surface area contributed by atoms with E-state index in [-0.39, 0.29) is 23.1 Å². The maximum absolute atomic E-state index is 12.8. The monoisotopic (exact) mass is 523 g/mol. The first-order valence-electron chi connectivity index (χ1n) is 13.4. The molecule has 13 nitrogen and oxygen atoms in total. The van der Waals surface area contributed by atoms with Crippen LogP contribution in [0.4, 0.5) is 5.95 Å². The molecule has 3 fully saturated rings. The summed E-state index contributed by atoms with van der Waals surface area (Å²) in [5.74, 6) is 1.53. The van der Waals surface area contributed by atoms with Gasteiger partial charge in [-0.05, 0) is 44.6 Å². The van der Waals surface area contributed by atoms with E-state index in [4.69, 9.17) is 14.9 Å². The van der Waals surface area contributed by atoms with Crippen LogP contribution in [-0.2, 0) is 4.74 Å². The summed E-state index contributed by atoms with van der Waals surface area (Å²) in [6.07, 6.45) is 9.31. The molecule has 38 heavy (non-hydrogen) atoms. The van der Waals surface area contributed by atoms with Crippen molar-refractivity contribution in [3.8, 4) is 0 Å². The van der Waals surface area contributed by atoms with Crippen LogP contribution < -0.4 is 15.9 Å². The van der Waals surface area contributed by atoms with Gasteiger partial charge in [0.05, 0.1) is 17.8 Å². The smallest absolute Gasteiger partial charge is 0.277 e. The third kappa shape index (κ3) is 5.00. The number of fused-ring (bicyclic) bond motifs is 1. The third-order valence-corrected chi connectivity index (χ3v) is 8.09. The third-order valence-electron chi connectivity index (χ3n) is 8.09. The van der Waals surface area contributed by atoms with Gasteiger partial charge in [-0.25, -0.2) is 25.1 Å². The molecule has 0 bridgehead atoms. The Morgan fingerprint density at radius 3 is 2.58 bits per heavy atom. The Labute approximate surface area is 219 Å². The highest BCUT2D eigenvalue weighted by molar-refractivity contribution is 5.92. The number of aromatic nitrogens is 6. The number of aromatic amines is 1. The molecule has 1 amide bonds. The number of likely N-dealkylation sites (tertiary alicyclic amines) is 1. The number of hydrogen-bond acceptors (Lipinski definition) is 10. The number of nitrogens with one attached hydrogen (secondary N) is 2. The Balaban J connectivity index is 1.05. The fourth-order valence-electron chi connectivity index (χ4n) is 5.91. The first kappa shape index (κ1) is 24.9. The SMILES string of the molecule is O=C(NO)c1cnc(N2CCC(CN3CCC(c4nc5c(cnn5C5CCOCC5)c(=O)[nH]4)C3)CC2)nc1. The summed E-state index contributed by atoms with van der Waals surface area (Å²) in [5, 5.41) is 13.8. The predicted octanol–water partition coefficient (Wildman–Crippen LogP) is 1.09. The van der Waals surface area contributed by atoms with Gasteiger partial charge in [0.25, 0.3) is 11.5 Å². The van der Waals surface area contributed by atoms with Crippen LogP contribution in [-0.4, -0.2) is 91.7 Å². The Morgan fingerprint density at radius 2 is 1.84 bits per heavy atom. The van der Waals surface area contributed by atoms with E-state index >= 15 is 0 Å². The molecule has 0 radical (unpaired) electrons. The summed E-state index contributed by atoms with van der Waals surface area (Å²) in [6.45, 7) is 6.03. The molecule has 3 aliphatic heterocycles. The minimum Gasteiger partial charge on any atom is -0.381 e. The lowest BCUT2D eigenvalue weighted by atomic mass is 9.96. The lowest BCUT2D eigenvalue weighted by molar-refractivity contribution is 0.0673. The molecule has 1 unspecified atom stereocenters. The number of rotatable bonds is 6. The fraction of sp³-hybridized carbons (Fsp3) is 0.600. The summed E-state index contributed by atoms with van der Waals surface area (Å²) in [4.78, 5) is 45.5. The van der Waals surface area contributed by atoms with Crippen LogP contribution in [0.5, 0.6) is 0 Å². The molecule has 3 N–H and O–H groups in total. The molecule has 1 atom stereocenters. The molecular weight excluding hydrogens is 490 g/mol. The maximum Gasteiger partial charge on any atom is 0.277 e. The average molecular weight is 524 g/mol. The number of hydrogen-bond donors (Lipinski definition) is 3. The zero-order valence-corrected chi connectivity index (χ0v) is 21.3. The number of nitrogens with zero attached hydrogens (tertiary/aromatic N) is 7. The standard InChI is InChI=1S/C25H33N9O4/c35-23(31-37)18-11-26-25(27-12-18)33-7-1-16(2-8-33)14-32-6-3-17(15-32)21-29-22-20(24(36)30-21)13-28-34(22)19-4-9-38-10-5-19/h11-13,16-17,19,37H,1-10,14-15H2,(H,31,35)(H,29,30,36). The Hall–Kier alpha value is -3.42. The molecular formula is C25H33N9O4. The van der Waals surface area contributed by atoms with Crippen molar-refractivity contribution in [2.24, 2.45) is 5.92 Å². The van der Waals surface area contributed by atoms with Gasteiger partial charge in [-0.3, -0.25) is 14.8 Å². The topological polar surface area (TPSA) is 154 Å².